The van der Waals surface area contributed by atoms with Crippen LogP contribution in [-0.2, 0) is 11.2 Å². The van der Waals surface area contributed by atoms with E-state index in [1.54, 1.807) is 0 Å². The minimum atomic E-state index is 0.0183. The monoisotopic (exact) mass is 333 g/mol. The van der Waals surface area contributed by atoms with E-state index in [9.17, 15) is 4.79 Å². The summed E-state index contributed by atoms with van der Waals surface area (Å²) < 4.78 is 5.84. The third-order valence-electron chi connectivity index (χ3n) is 4.37. The van der Waals surface area contributed by atoms with Crippen LogP contribution in [0, 0.1) is 13.8 Å². The van der Waals surface area contributed by atoms with Gasteiger partial charge in [0.15, 0.2) is 0 Å². The first-order chi connectivity index (χ1) is 12.1. The van der Waals surface area contributed by atoms with E-state index in [0.29, 0.717) is 19.6 Å². The van der Waals surface area contributed by atoms with Gasteiger partial charge in [0.25, 0.3) is 0 Å². The number of hydrogen-bond donors (Lipinski definition) is 1. The van der Waals surface area contributed by atoms with E-state index in [4.69, 9.17) is 4.74 Å². The Morgan fingerprint density at radius 3 is 2.60 bits per heavy atom. The van der Waals surface area contributed by atoms with Gasteiger partial charge in [-0.05, 0) is 42.0 Å². The largest absolute Gasteiger partial charge is 0.491 e. The maximum absolute atomic E-state index is 12.1. The molecule has 3 aromatic carbocycles. The second kappa shape index (κ2) is 7.84. The smallest absolute Gasteiger partial charge is 0.224 e. The molecule has 0 atom stereocenters. The predicted molar refractivity (Wildman–Crippen MR) is 102 cm³/mol. The average molecular weight is 333 g/mol. The normalized spacial score (nSPS) is 10.6. The zero-order valence-corrected chi connectivity index (χ0v) is 14.7. The molecule has 0 fully saturated rings. The topological polar surface area (TPSA) is 38.3 Å². The standard InChI is InChI=1S/C22H23NO2/c1-16-10-11-18(14-17(16)2)15-22(24)23-12-13-25-21-9-5-7-19-6-3-4-8-20(19)21/h3-11,14H,12-13,15H2,1-2H3,(H,23,24). The molecule has 0 bridgehead atoms. The first-order valence-corrected chi connectivity index (χ1v) is 8.57. The van der Waals surface area contributed by atoms with Gasteiger partial charge in [0, 0.05) is 5.39 Å². The summed E-state index contributed by atoms with van der Waals surface area (Å²) in [5.41, 5.74) is 3.49. The van der Waals surface area contributed by atoms with Gasteiger partial charge in [-0.3, -0.25) is 4.79 Å². The fourth-order valence-corrected chi connectivity index (χ4v) is 2.83. The lowest BCUT2D eigenvalue weighted by molar-refractivity contribution is -0.120. The highest BCUT2D eigenvalue weighted by Crippen LogP contribution is 2.24. The molecule has 25 heavy (non-hydrogen) atoms. The van der Waals surface area contributed by atoms with Crippen molar-refractivity contribution in [2.24, 2.45) is 0 Å². The molecule has 3 heteroatoms. The highest BCUT2D eigenvalue weighted by molar-refractivity contribution is 5.88. The van der Waals surface area contributed by atoms with Gasteiger partial charge in [0.1, 0.15) is 12.4 Å². The van der Waals surface area contributed by atoms with Crippen molar-refractivity contribution in [3.8, 4) is 5.75 Å². The average Bonchev–Trinajstić information content (AvgIpc) is 2.62. The Hall–Kier alpha value is -2.81. The predicted octanol–water partition coefficient (Wildman–Crippen LogP) is 4.19. The Kier molecular flexibility index (Phi) is 5.34. The summed E-state index contributed by atoms with van der Waals surface area (Å²) in [6.07, 6.45) is 0.398. The summed E-state index contributed by atoms with van der Waals surface area (Å²) >= 11 is 0. The van der Waals surface area contributed by atoms with Crippen molar-refractivity contribution in [2.75, 3.05) is 13.2 Å². The quantitative estimate of drug-likeness (QED) is 0.687. The minimum absolute atomic E-state index is 0.0183. The lowest BCUT2D eigenvalue weighted by Gasteiger charge is -2.10. The molecule has 0 saturated carbocycles. The summed E-state index contributed by atoms with van der Waals surface area (Å²) in [6.45, 7) is 5.08. The van der Waals surface area contributed by atoms with Crippen molar-refractivity contribution in [3.05, 3.63) is 77.4 Å². The van der Waals surface area contributed by atoms with Crippen LogP contribution < -0.4 is 10.1 Å². The molecule has 0 heterocycles. The van der Waals surface area contributed by atoms with E-state index in [-0.39, 0.29) is 5.91 Å². The molecule has 1 N–H and O–H groups in total. The maximum Gasteiger partial charge on any atom is 0.224 e. The highest BCUT2D eigenvalue weighted by Gasteiger charge is 2.05. The summed E-state index contributed by atoms with van der Waals surface area (Å²) in [6, 6.07) is 20.3. The van der Waals surface area contributed by atoms with E-state index < -0.39 is 0 Å². The number of benzene rings is 3. The van der Waals surface area contributed by atoms with Crippen LogP contribution >= 0.6 is 0 Å². The fourth-order valence-electron chi connectivity index (χ4n) is 2.83. The fraction of sp³-hybridized carbons (Fsp3) is 0.227. The van der Waals surface area contributed by atoms with Crippen LogP contribution in [0.3, 0.4) is 0 Å². The van der Waals surface area contributed by atoms with Crippen LogP contribution in [0.5, 0.6) is 5.75 Å². The van der Waals surface area contributed by atoms with E-state index in [2.05, 4.69) is 43.4 Å². The van der Waals surface area contributed by atoms with Crippen LogP contribution in [0.4, 0.5) is 0 Å². The Bertz CT molecular complexity index is 881. The van der Waals surface area contributed by atoms with E-state index in [1.165, 1.54) is 11.1 Å². The summed E-state index contributed by atoms with van der Waals surface area (Å²) in [7, 11) is 0. The molecule has 3 nitrogen and oxygen atoms in total. The Labute approximate surface area is 148 Å². The van der Waals surface area contributed by atoms with Gasteiger partial charge in [-0.25, -0.2) is 0 Å². The van der Waals surface area contributed by atoms with Crippen LogP contribution in [0.1, 0.15) is 16.7 Å². The molecule has 0 radical (unpaired) electrons. The summed E-state index contributed by atoms with van der Waals surface area (Å²) in [5, 5.41) is 5.16. The van der Waals surface area contributed by atoms with Crippen LogP contribution in [0.2, 0.25) is 0 Å². The van der Waals surface area contributed by atoms with Gasteiger partial charge in [-0.15, -0.1) is 0 Å². The van der Waals surface area contributed by atoms with Crippen LogP contribution in [0.15, 0.2) is 60.7 Å². The third-order valence-corrected chi connectivity index (χ3v) is 4.37. The van der Waals surface area contributed by atoms with Gasteiger partial charge in [0.2, 0.25) is 5.91 Å². The number of ether oxygens (including phenoxy) is 1. The molecule has 0 unspecified atom stereocenters. The van der Waals surface area contributed by atoms with Gasteiger partial charge in [-0.1, -0.05) is 54.6 Å². The lowest BCUT2D eigenvalue weighted by atomic mass is 10.0. The molecular weight excluding hydrogens is 310 g/mol. The first kappa shape index (κ1) is 17.0. The lowest BCUT2D eigenvalue weighted by Crippen LogP contribution is -2.29. The van der Waals surface area contributed by atoms with Crippen LogP contribution in [0.25, 0.3) is 10.8 Å². The number of carbonyl (C=O) groups excluding carboxylic acids is 1. The number of aryl methyl sites for hydroxylation is 2. The van der Waals surface area contributed by atoms with Gasteiger partial charge in [-0.2, -0.15) is 0 Å². The molecule has 0 spiro atoms. The van der Waals surface area contributed by atoms with Crippen LogP contribution in [-0.4, -0.2) is 19.1 Å². The number of fused-ring (bicyclic) bond motifs is 1. The summed E-state index contributed by atoms with van der Waals surface area (Å²) in [5.74, 6) is 0.867. The molecule has 128 valence electrons. The minimum Gasteiger partial charge on any atom is -0.491 e. The molecule has 0 aliphatic rings. The zero-order chi connectivity index (χ0) is 17.6. The number of hydrogen-bond acceptors (Lipinski definition) is 2. The summed E-state index contributed by atoms with van der Waals surface area (Å²) in [4.78, 5) is 12.1. The van der Waals surface area contributed by atoms with Crippen molar-refractivity contribution in [1.29, 1.82) is 0 Å². The maximum atomic E-state index is 12.1. The van der Waals surface area contributed by atoms with Crippen molar-refractivity contribution >= 4 is 16.7 Å². The van der Waals surface area contributed by atoms with Crippen molar-refractivity contribution in [3.63, 3.8) is 0 Å². The zero-order valence-electron chi connectivity index (χ0n) is 14.7. The molecule has 1 amide bonds. The SMILES string of the molecule is Cc1ccc(CC(=O)NCCOc2cccc3ccccc23)cc1C. The molecule has 3 aromatic rings. The molecule has 0 aliphatic carbocycles. The third kappa shape index (κ3) is 4.38. The van der Waals surface area contributed by atoms with Gasteiger partial charge >= 0.3 is 0 Å². The Balaban J connectivity index is 1.49. The number of nitrogens with one attached hydrogen (secondary N) is 1. The number of carbonyl (C=O) groups is 1. The molecule has 3 rings (SSSR count). The molecule has 0 aliphatic heterocycles. The van der Waals surface area contributed by atoms with Gasteiger partial charge < -0.3 is 10.1 Å². The number of amides is 1. The molecule has 0 aromatic heterocycles. The van der Waals surface area contributed by atoms with Gasteiger partial charge in [0.05, 0.1) is 13.0 Å². The molecular formula is C22H23NO2. The van der Waals surface area contributed by atoms with Crippen molar-refractivity contribution < 1.29 is 9.53 Å². The Morgan fingerprint density at radius 2 is 1.76 bits per heavy atom. The number of rotatable bonds is 6. The second-order valence-electron chi connectivity index (χ2n) is 6.27. The van der Waals surface area contributed by atoms with Crippen molar-refractivity contribution in [2.45, 2.75) is 20.3 Å². The first-order valence-electron chi connectivity index (χ1n) is 8.57. The van der Waals surface area contributed by atoms with E-state index in [1.807, 2.05) is 36.4 Å². The second-order valence-corrected chi connectivity index (χ2v) is 6.27. The molecule has 0 saturated heterocycles. The van der Waals surface area contributed by atoms with Crippen molar-refractivity contribution in [1.82, 2.24) is 5.32 Å². The van der Waals surface area contributed by atoms with E-state index >= 15 is 0 Å². The van der Waals surface area contributed by atoms with E-state index in [0.717, 1.165) is 22.1 Å². The highest BCUT2D eigenvalue weighted by atomic mass is 16.5. The Morgan fingerprint density at radius 1 is 0.960 bits per heavy atom.